The van der Waals surface area contributed by atoms with E-state index in [-0.39, 0.29) is 5.95 Å². The molecule has 0 unspecified atom stereocenters. The van der Waals surface area contributed by atoms with Crippen LogP contribution in [-0.2, 0) is 12.7 Å². The fourth-order valence-electron chi connectivity index (χ4n) is 2.20. The number of hydrogen-bond donors (Lipinski definition) is 0. The molecule has 0 N–H and O–H groups in total. The summed E-state index contributed by atoms with van der Waals surface area (Å²) in [6, 6.07) is 0.881. The molecule has 0 spiro atoms. The van der Waals surface area contributed by atoms with Crippen LogP contribution in [0.5, 0.6) is 0 Å². The molecule has 0 atom stereocenters. The monoisotopic (exact) mass is 283 g/mol. The predicted molar refractivity (Wildman–Crippen MR) is 65.0 cm³/mol. The van der Waals surface area contributed by atoms with E-state index in [4.69, 9.17) is 0 Å². The van der Waals surface area contributed by atoms with Crippen LogP contribution >= 0.6 is 0 Å². The minimum Gasteiger partial charge on any atom is -0.340 e. The molecule has 1 saturated heterocycles. The first kappa shape index (κ1) is 12.9. The molecule has 1 fully saturated rings. The Bertz CT molecular complexity index is 575. The number of anilines is 1. The number of aromatic nitrogens is 4. The Morgan fingerprint density at radius 3 is 2.70 bits per heavy atom. The SMILES string of the molecule is FC(F)(F)c1ccnc(N2CC(Cn3ccnc3)C2)n1. The van der Waals surface area contributed by atoms with E-state index < -0.39 is 11.9 Å². The number of halogens is 3. The van der Waals surface area contributed by atoms with Crippen molar-refractivity contribution in [1.29, 1.82) is 0 Å². The molecule has 20 heavy (non-hydrogen) atoms. The Morgan fingerprint density at radius 2 is 2.05 bits per heavy atom. The van der Waals surface area contributed by atoms with E-state index in [0.717, 1.165) is 18.8 Å². The highest BCUT2D eigenvalue weighted by atomic mass is 19.4. The van der Waals surface area contributed by atoms with Crippen molar-refractivity contribution in [3.63, 3.8) is 0 Å². The van der Waals surface area contributed by atoms with Crippen molar-refractivity contribution in [3.05, 3.63) is 36.7 Å². The minimum absolute atomic E-state index is 0.140. The summed E-state index contributed by atoms with van der Waals surface area (Å²) in [6.45, 7) is 2.11. The predicted octanol–water partition coefficient (Wildman–Crippen LogP) is 1.83. The third kappa shape index (κ3) is 2.59. The molecule has 0 bridgehead atoms. The zero-order chi connectivity index (χ0) is 14.2. The molecule has 0 amide bonds. The molecule has 5 nitrogen and oxygen atoms in total. The van der Waals surface area contributed by atoms with E-state index in [9.17, 15) is 13.2 Å². The van der Waals surface area contributed by atoms with Crippen LogP contribution in [0.25, 0.3) is 0 Å². The van der Waals surface area contributed by atoms with Gasteiger partial charge in [0.15, 0.2) is 0 Å². The number of alkyl halides is 3. The van der Waals surface area contributed by atoms with Crippen molar-refractivity contribution in [2.45, 2.75) is 12.7 Å². The Balaban J connectivity index is 1.62. The standard InChI is InChI=1S/C12H12F3N5/c13-12(14,15)10-1-2-17-11(18-10)20-6-9(7-20)5-19-4-3-16-8-19/h1-4,8-9H,5-7H2. The average molecular weight is 283 g/mol. The number of rotatable bonds is 3. The largest absolute Gasteiger partial charge is 0.433 e. The second-order valence-electron chi connectivity index (χ2n) is 4.77. The van der Waals surface area contributed by atoms with Crippen molar-refractivity contribution in [1.82, 2.24) is 19.5 Å². The minimum atomic E-state index is -4.43. The zero-order valence-electron chi connectivity index (χ0n) is 10.5. The number of imidazole rings is 1. The lowest BCUT2D eigenvalue weighted by molar-refractivity contribution is -0.141. The van der Waals surface area contributed by atoms with E-state index in [1.165, 1.54) is 0 Å². The summed E-state index contributed by atoms with van der Waals surface area (Å²) in [4.78, 5) is 13.2. The number of hydrogen-bond acceptors (Lipinski definition) is 4. The van der Waals surface area contributed by atoms with Crippen molar-refractivity contribution >= 4 is 5.95 Å². The van der Waals surface area contributed by atoms with E-state index in [0.29, 0.717) is 19.0 Å². The lowest BCUT2D eigenvalue weighted by Crippen LogP contribution is -2.49. The summed E-state index contributed by atoms with van der Waals surface area (Å²) < 4.78 is 39.6. The van der Waals surface area contributed by atoms with Gasteiger partial charge in [-0.3, -0.25) is 0 Å². The summed E-state index contributed by atoms with van der Waals surface area (Å²) in [5, 5.41) is 0. The van der Waals surface area contributed by atoms with E-state index in [1.54, 1.807) is 17.4 Å². The summed E-state index contributed by atoms with van der Waals surface area (Å²) in [6.07, 6.45) is 2.01. The molecule has 3 rings (SSSR count). The van der Waals surface area contributed by atoms with Gasteiger partial charge >= 0.3 is 6.18 Å². The van der Waals surface area contributed by atoms with Gasteiger partial charge in [0.2, 0.25) is 5.95 Å². The Hall–Kier alpha value is -2.12. The first-order valence-electron chi connectivity index (χ1n) is 6.13. The topological polar surface area (TPSA) is 46.8 Å². The van der Waals surface area contributed by atoms with Crippen LogP contribution < -0.4 is 4.90 Å². The lowest BCUT2D eigenvalue weighted by Gasteiger charge is -2.39. The first-order valence-corrected chi connectivity index (χ1v) is 6.13. The molecule has 1 aliphatic heterocycles. The van der Waals surface area contributed by atoms with Crippen molar-refractivity contribution in [2.24, 2.45) is 5.92 Å². The fourth-order valence-corrected chi connectivity index (χ4v) is 2.20. The summed E-state index contributed by atoms with van der Waals surface area (Å²) in [5.74, 6) is 0.518. The Morgan fingerprint density at radius 1 is 1.25 bits per heavy atom. The molecular weight excluding hydrogens is 271 g/mol. The third-order valence-corrected chi connectivity index (χ3v) is 3.20. The van der Waals surface area contributed by atoms with Gasteiger partial charge in [0.05, 0.1) is 6.33 Å². The normalized spacial score (nSPS) is 16.2. The van der Waals surface area contributed by atoms with Crippen LogP contribution in [0.15, 0.2) is 31.0 Å². The molecule has 2 aromatic rings. The van der Waals surface area contributed by atoms with Gasteiger partial charge in [-0.15, -0.1) is 0 Å². The Kier molecular flexibility index (Phi) is 3.07. The van der Waals surface area contributed by atoms with Crippen molar-refractivity contribution in [3.8, 4) is 0 Å². The maximum absolute atomic E-state index is 12.6. The molecule has 0 saturated carbocycles. The molecule has 1 aliphatic rings. The van der Waals surface area contributed by atoms with E-state index in [2.05, 4.69) is 15.0 Å². The van der Waals surface area contributed by atoms with E-state index >= 15 is 0 Å². The van der Waals surface area contributed by atoms with Gasteiger partial charge in [-0.05, 0) is 6.07 Å². The van der Waals surface area contributed by atoms with E-state index in [1.807, 2.05) is 10.8 Å². The van der Waals surface area contributed by atoms with Gasteiger partial charge in [-0.25, -0.2) is 15.0 Å². The number of nitrogens with zero attached hydrogens (tertiary/aromatic N) is 5. The van der Waals surface area contributed by atoms with Crippen LogP contribution in [-0.4, -0.2) is 32.6 Å². The average Bonchev–Trinajstić information content (AvgIpc) is 2.85. The molecule has 106 valence electrons. The van der Waals surface area contributed by atoms with Gasteiger partial charge in [0.25, 0.3) is 0 Å². The second kappa shape index (κ2) is 4.77. The van der Waals surface area contributed by atoms with Crippen LogP contribution in [0.2, 0.25) is 0 Å². The lowest BCUT2D eigenvalue weighted by atomic mass is 10.0. The van der Waals surface area contributed by atoms with Crippen molar-refractivity contribution < 1.29 is 13.2 Å². The summed E-state index contributed by atoms with van der Waals surface area (Å²) >= 11 is 0. The van der Waals surface area contributed by atoms with Crippen LogP contribution in [0.4, 0.5) is 19.1 Å². The molecular formula is C12H12F3N5. The zero-order valence-corrected chi connectivity index (χ0v) is 10.5. The fraction of sp³-hybridized carbons (Fsp3) is 0.417. The van der Waals surface area contributed by atoms with Crippen molar-refractivity contribution in [2.75, 3.05) is 18.0 Å². The molecule has 8 heteroatoms. The van der Waals surface area contributed by atoms with Crippen LogP contribution in [0.1, 0.15) is 5.69 Å². The summed E-state index contributed by atoms with van der Waals surface area (Å²) in [7, 11) is 0. The maximum Gasteiger partial charge on any atom is 0.433 e. The smallest absolute Gasteiger partial charge is 0.340 e. The second-order valence-corrected chi connectivity index (χ2v) is 4.77. The molecule has 0 aliphatic carbocycles. The highest BCUT2D eigenvalue weighted by Gasteiger charge is 2.35. The molecule has 0 aromatic carbocycles. The maximum atomic E-state index is 12.6. The quantitative estimate of drug-likeness (QED) is 0.862. The first-order chi connectivity index (χ1) is 9.52. The van der Waals surface area contributed by atoms with Gasteiger partial charge in [-0.2, -0.15) is 13.2 Å². The molecule has 2 aromatic heterocycles. The van der Waals surface area contributed by atoms with Gasteiger partial charge < -0.3 is 9.47 Å². The summed E-state index contributed by atoms with van der Waals surface area (Å²) in [5.41, 5.74) is -0.902. The van der Waals surface area contributed by atoms with Gasteiger partial charge in [0, 0.05) is 44.1 Å². The van der Waals surface area contributed by atoms with Crippen LogP contribution in [0, 0.1) is 5.92 Å². The molecule has 3 heterocycles. The van der Waals surface area contributed by atoms with Gasteiger partial charge in [-0.1, -0.05) is 0 Å². The third-order valence-electron chi connectivity index (χ3n) is 3.20. The van der Waals surface area contributed by atoms with Gasteiger partial charge in [0.1, 0.15) is 5.69 Å². The Labute approximate surface area is 113 Å². The van der Waals surface area contributed by atoms with Crippen LogP contribution in [0.3, 0.4) is 0 Å². The highest BCUT2D eigenvalue weighted by molar-refractivity contribution is 5.34. The highest BCUT2D eigenvalue weighted by Crippen LogP contribution is 2.29. The molecule has 0 radical (unpaired) electrons.